The molecule has 2 aliphatic heterocycles. The fourth-order valence-electron chi connectivity index (χ4n) is 3.33. The number of carboxylic acids is 1. The number of aliphatic carboxylic acids is 1. The van der Waals surface area contributed by atoms with Crippen molar-refractivity contribution in [3.63, 3.8) is 0 Å². The maximum Gasteiger partial charge on any atom is 0.307 e. The molecule has 0 bridgehead atoms. The number of piperazine rings is 1. The van der Waals surface area contributed by atoms with E-state index in [1.807, 2.05) is 31.2 Å². The average Bonchev–Trinajstić information content (AvgIpc) is 3.12. The van der Waals surface area contributed by atoms with Gasteiger partial charge in [-0.25, -0.2) is 4.31 Å². The first kappa shape index (κ1) is 18.0. The summed E-state index contributed by atoms with van der Waals surface area (Å²) in [6.07, 6.45) is 0.0676. The molecule has 1 fully saturated rings. The number of nitrogens with zero attached hydrogens (tertiary/aromatic N) is 2. The Morgan fingerprint density at radius 1 is 1.07 bits per heavy atom. The molecule has 2 aliphatic rings. The lowest BCUT2D eigenvalue weighted by Crippen LogP contribution is -2.43. The van der Waals surface area contributed by atoms with E-state index in [-0.39, 0.29) is 6.42 Å². The van der Waals surface area contributed by atoms with Crippen LogP contribution in [0.5, 0.6) is 11.5 Å². The van der Waals surface area contributed by atoms with Gasteiger partial charge in [0.25, 0.3) is 0 Å². The van der Waals surface area contributed by atoms with Crippen LogP contribution < -0.4 is 14.4 Å². The van der Waals surface area contributed by atoms with Crippen molar-refractivity contribution in [2.45, 2.75) is 18.2 Å². The summed E-state index contributed by atoms with van der Waals surface area (Å²) in [4.78, 5) is 14.5. The molecular weight excluding hydrogens is 364 g/mol. The molecular formula is C20H22N2O4S. The van der Waals surface area contributed by atoms with Crippen LogP contribution in [-0.4, -0.2) is 48.4 Å². The maximum atomic E-state index is 11.0. The highest BCUT2D eigenvalue weighted by molar-refractivity contribution is 7.97. The molecule has 1 N–H and O–H groups in total. The molecule has 0 amide bonds. The lowest BCUT2D eigenvalue weighted by atomic mass is 10.1. The van der Waals surface area contributed by atoms with Crippen LogP contribution in [0.25, 0.3) is 0 Å². The average molecular weight is 386 g/mol. The normalized spacial score (nSPS) is 16.6. The van der Waals surface area contributed by atoms with Gasteiger partial charge in [-0.15, -0.1) is 0 Å². The lowest BCUT2D eigenvalue weighted by Gasteiger charge is -2.35. The summed E-state index contributed by atoms with van der Waals surface area (Å²) in [7, 11) is 0. The summed E-state index contributed by atoms with van der Waals surface area (Å²) in [5, 5.41) is 9.06. The Labute approximate surface area is 162 Å². The highest BCUT2D eigenvalue weighted by Crippen LogP contribution is 2.36. The minimum absolute atomic E-state index is 0.0676. The Hall–Kier alpha value is -2.38. The van der Waals surface area contributed by atoms with Crippen molar-refractivity contribution in [1.29, 1.82) is 0 Å². The van der Waals surface area contributed by atoms with E-state index in [1.165, 1.54) is 0 Å². The molecule has 0 aromatic heterocycles. The first-order valence-corrected chi connectivity index (χ1v) is 9.75. The summed E-state index contributed by atoms with van der Waals surface area (Å²) >= 11 is 1.70. The Morgan fingerprint density at radius 2 is 1.85 bits per heavy atom. The quantitative estimate of drug-likeness (QED) is 0.792. The van der Waals surface area contributed by atoms with Gasteiger partial charge in [0.2, 0.25) is 6.79 Å². The third kappa shape index (κ3) is 4.14. The van der Waals surface area contributed by atoms with Gasteiger partial charge in [0, 0.05) is 42.8 Å². The predicted octanol–water partition coefficient (Wildman–Crippen LogP) is 3.18. The van der Waals surface area contributed by atoms with Gasteiger partial charge in [0.15, 0.2) is 11.5 Å². The molecule has 142 valence electrons. The van der Waals surface area contributed by atoms with E-state index in [9.17, 15) is 4.79 Å². The zero-order valence-electron chi connectivity index (χ0n) is 15.2. The molecule has 2 aromatic carbocycles. The van der Waals surface area contributed by atoms with Gasteiger partial charge in [-0.2, -0.15) is 0 Å². The molecule has 0 saturated carbocycles. The number of anilines is 1. The van der Waals surface area contributed by atoms with Gasteiger partial charge in [-0.3, -0.25) is 4.79 Å². The highest BCUT2D eigenvalue weighted by Gasteiger charge is 2.21. The second-order valence-corrected chi connectivity index (χ2v) is 7.87. The van der Waals surface area contributed by atoms with Crippen LogP contribution in [0.4, 0.5) is 5.69 Å². The van der Waals surface area contributed by atoms with Crippen molar-refractivity contribution in [2.24, 2.45) is 0 Å². The minimum Gasteiger partial charge on any atom is -0.481 e. The van der Waals surface area contributed by atoms with Crippen molar-refractivity contribution >= 4 is 23.6 Å². The van der Waals surface area contributed by atoms with Crippen LogP contribution in [0, 0.1) is 6.92 Å². The number of aryl methyl sites for hydroxylation is 1. The molecule has 2 heterocycles. The van der Waals surface area contributed by atoms with Crippen LogP contribution in [0.2, 0.25) is 0 Å². The molecule has 0 radical (unpaired) electrons. The van der Waals surface area contributed by atoms with Crippen LogP contribution in [0.3, 0.4) is 0 Å². The number of fused-ring (bicyclic) bond motifs is 1. The third-order valence-corrected chi connectivity index (χ3v) is 5.94. The number of rotatable bonds is 5. The van der Waals surface area contributed by atoms with Crippen LogP contribution >= 0.6 is 11.9 Å². The molecule has 1 saturated heterocycles. The summed E-state index contributed by atoms with van der Waals surface area (Å²) in [6.45, 7) is 5.98. The first-order chi connectivity index (χ1) is 13.1. The SMILES string of the molecule is Cc1ccc(SN2CCN(c3ccc4c(c3)OCO4)CC2)cc1CC(=O)O. The molecule has 2 aromatic rings. The smallest absolute Gasteiger partial charge is 0.307 e. The molecule has 7 heteroatoms. The van der Waals surface area contributed by atoms with E-state index in [2.05, 4.69) is 21.3 Å². The lowest BCUT2D eigenvalue weighted by molar-refractivity contribution is -0.136. The van der Waals surface area contributed by atoms with E-state index >= 15 is 0 Å². The number of hydrogen-bond acceptors (Lipinski definition) is 6. The summed E-state index contributed by atoms with van der Waals surface area (Å²) in [6, 6.07) is 12.2. The van der Waals surface area contributed by atoms with E-state index in [4.69, 9.17) is 14.6 Å². The van der Waals surface area contributed by atoms with E-state index in [1.54, 1.807) is 11.9 Å². The molecule has 0 aliphatic carbocycles. The largest absolute Gasteiger partial charge is 0.481 e. The van der Waals surface area contributed by atoms with Gasteiger partial charge in [0.05, 0.1) is 6.42 Å². The zero-order valence-corrected chi connectivity index (χ0v) is 16.0. The molecule has 0 atom stereocenters. The topological polar surface area (TPSA) is 62.2 Å². The van der Waals surface area contributed by atoms with Gasteiger partial charge < -0.3 is 19.5 Å². The standard InChI is InChI=1S/C20H22N2O4S/c1-14-2-4-17(10-15(14)11-20(23)24)27-22-8-6-21(7-9-22)16-3-5-18-19(12-16)26-13-25-18/h2-5,10,12H,6-9,11,13H2,1H3,(H,23,24). The maximum absolute atomic E-state index is 11.0. The van der Waals surface area contributed by atoms with Crippen LogP contribution in [0.1, 0.15) is 11.1 Å². The van der Waals surface area contributed by atoms with Crippen molar-refractivity contribution in [3.05, 3.63) is 47.5 Å². The number of hydrogen-bond donors (Lipinski definition) is 1. The van der Waals surface area contributed by atoms with Crippen LogP contribution in [0.15, 0.2) is 41.3 Å². The number of benzene rings is 2. The van der Waals surface area contributed by atoms with E-state index in [0.717, 1.165) is 59.4 Å². The molecule has 0 spiro atoms. The first-order valence-electron chi connectivity index (χ1n) is 8.97. The van der Waals surface area contributed by atoms with Crippen LogP contribution in [-0.2, 0) is 11.2 Å². The number of ether oxygens (including phenoxy) is 2. The van der Waals surface area contributed by atoms with Gasteiger partial charge >= 0.3 is 5.97 Å². The third-order valence-electron chi connectivity index (χ3n) is 4.86. The Balaban J connectivity index is 1.36. The minimum atomic E-state index is -0.794. The van der Waals surface area contributed by atoms with Gasteiger partial charge in [-0.05, 0) is 54.3 Å². The highest BCUT2D eigenvalue weighted by atomic mass is 32.2. The second kappa shape index (κ2) is 7.70. The van der Waals surface area contributed by atoms with Crippen molar-refractivity contribution in [3.8, 4) is 11.5 Å². The predicted molar refractivity (Wildman–Crippen MR) is 105 cm³/mol. The molecule has 0 unspecified atom stereocenters. The number of carboxylic acid groups (broad SMARTS) is 1. The summed E-state index contributed by atoms with van der Waals surface area (Å²) in [5.74, 6) is 0.831. The van der Waals surface area contributed by atoms with E-state index < -0.39 is 5.97 Å². The molecule has 6 nitrogen and oxygen atoms in total. The Bertz CT molecular complexity index is 850. The Kier molecular flexibility index (Phi) is 5.13. The zero-order chi connectivity index (χ0) is 18.8. The van der Waals surface area contributed by atoms with Gasteiger partial charge in [0.1, 0.15) is 0 Å². The fraction of sp³-hybridized carbons (Fsp3) is 0.350. The van der Waals surface area contributed by atoms with Crippen molar-refractivity contribution < 1.29 is 19.4 Å². The summed E-state index contributed by atoms with van der Waals surface area (Å²) < 4.78 is 13.2. The van der Waals surface area contributed by atoms with Gasteiger partial charge in [-0.1, -0.05) is 6.07 Å². The second-order valence-electron chi connectivity index (χ2n) is 6.70. The van der Waals surface area contributed by atoms with Crippen molar-refractivity contribution in [2.75, 3.05) is 37.9 Å². The Morgan fingerprint density at radius 3 is 2.63 bits per heavy atom. The number of carbonyl (C=O) groups is 1. The summed E-state index contributed by atoms with van der Waals surface area (Å²) in [5.41, 5.74) is 3.06. The van der Waals surface area contributed by atoms with E-state index in [0.29, 0.717) is 6.79 Å². The monoisotopic (exact) mass is 386 g/mol. The van der Waals surface area contributed by atoms with Crippen molar-refractivity contribution in [1.82, 2.24) is 4.31 Å². The molecule has 4 rings (SSSR count). The fourth-order valence-corrected chi connectivity index (χ4v) is 4.29. The molecule has 27 heavy (non-hydrogen) atoms.